The summed E-state index contributed by atoms with van der Waals surface area (Å²) in [6.45, 7) is 0. The summed E-state index contributed by atoms with van der Waals surface area (Å²) in [6, 6.07) is 17.6. The van der Waals surface area contributed by atoms with Crippen LogP contribution < -0.4 is 10.4 Å². The van der Waals surface area contributed by atoms with Crippen LogP contribution in [-0.2, 0) is 4.57 Å². The van der Waals surface area contributed by atoms with E-state index in [0.717, 1.165) is 0 Å². The zero-order chi connectivity index (χ0) is 11.4. The molecule has 2 aromatic rings. The van der Waals surface area contributed by atoms with Crippen LogP contribution in [-0.4, -0.2) is 4.89 Å². The lowest BCUT2D eigenvalue weighted by Gasteiger charge is -2.14. The van der Waals surface area contributed by atoms with Crippen LogP contribution in [0.25, 0.3) is 0 Å². The zero-order valence-electron chi connectivity index (χ0n) is 8.58. The number of nitrogens with one attached hydrogen (secondary N) is 1. The van der Waals surface area contributed by atoms with Crippen LogP contribution in [0.3, 0.4) is 0 Å². The standard InChI is InChI=1S/C12H12NO2P/c14-16(15,12-9-5-2-6-10-12)13-11-7-3-1-4-8-11/h1-10H,(H2,13,14,15). The van der Waals surface area contributed by atoms with Crippen LogP contribution in [0.4, 0.5) is 5.69 Å². The Morgan fingerprint density at radius 2 is 1.38 bits per heavy atom. The zero-order valence-corrected chi connectivity index (χ0v) is 9.47. The highest BCUT2D eigenvalue weighted by atomic mass is 31.2. The minimum atomic E-state index is -3.52. The van der Waals surface area contributed by atoms with E-state index in [1.54, 1.807) is 36.4 Å². The summed E-state index contributed by atoms with van der Waals surface area (Å²) in [5, 5.41) is 3.05. The largest absolute Gasteiger partial charge is 0.326 e. The molecule has 0 spiro atoms. The van der Waals surface area contributed by atoms with E-state index in [0.29, 0.717) is 11.0 Å². The van der Waals surface area contributed by atoms with Gasteiger partial charge in [0.1, 0.15) is 0 Å². The van der Waals surface area contributed by atoms with E-state index in [4.69, 9.17) is 0 Å². The van der Waals surface area contributed by atoms with Crippen molar-refractivity contribution in [1.82, 2.24) is 0 Å². The maximum absolute atomic E-state index is 12.0. The molecule has 2 N–H and O–H groups in total. The Bertz CT molecular complexity index is 499. The predicted molar refractivity (Wildman–Crippen MR) is 66.0 cm³/mol. The average molecular weight is 233 g/mol. The quantitative estimate of drug-likeness (QED) is 0.801. The lowest BCUT2D eigenvalue weighted by atomic mass is 10.3. The Hall–Kier alpha value is -1.57. The van der Waals surface area contributed by atoms with Gasteiger partial charge in [-0.15, -0.1) is 0 Å². The van der Waals surface area contributed by atoms with Crippen LogP contribution in [0.2, 0.25) is 0 Å². The molecule has 0 saturated heterocycles. The van der Waals surface area contributed by atoms with Crippen molar-refractivity contribution in [3.8, 4) is 0 Å². The molecule has 0 radical (unpaired) electrons. The van der Waals surface area contributed by atoms with E-state index >= 15 is 0 Å². The Morgan fingerprint density at radius 1 is 0.875 bits per heavy atom. The first-order valence-corrected chi connectivity index (χ1v) is 6.56. The summed E-state index contributed by atoms with van der Waals surface area (Å²) in [4.78, 5) is 9.88. The topological polar surface area (TPSA) is 49.3 Å². The fraction of sp³-hybridized carbons (Fsp3) is 0. The van der Waals surface area contributed by atoms with Crippen molar-refractivity contribution in [2.24, 2.45) is 0 Å². The molecule has 0 aliphatic heterocycles. The van der Waals surface area contributed by atoms with Crippen LogP contribution in [0, 0.1) is 0 Å². The van der Waals surface area contributed by atoms with Crippen molar-refractivity contribution < 1.29 is 9.46 Å². The summed E-state index contributed by atoms with van der Waals surface area (Å²) in [5.74, 6) is 0. The van der Waals surface area contributed by atoms with E-state index in [-0.39, 0.29) is 0 Å². The third-order valence-electron chi connectivity index (χ3n) is 2.16. The molecule has 0 bridgehead atoms. The number of anilines is 1. The van der Waals surface area contributed by atoms with E-state index in [1.165, 1.54) is 0 Å². The summed E-state index contributed by atoms with van der Waals surface area (Å²) in [5.41, 5.74) is 0.636. The van der Waals surface area contributed by atoms with Gasteiger partial charge in [0.15, 0.2) is 0 Å². The van der Waals surface area contributed by atoms with Crippen LogP contribution in [0.5, 0.6) is 0 Å². The molecule has 0 amide bonds. The molecule has 0 fully saturated rings. The van der Waals surface area contributed by atoms with Crippen LogP contribution in [0.1, 0.15) is 0 Å². The SMILES string of the molecule is O=P(O)(Nc1ccccc1)c1ccccc1. The van der Waals surface area contributed by atoms with Gasteiger partial charge in [-0.3, -0.25) is 4.57 Å². The first-order valence-electron chi connectivity index (χ1n) is 4.90. The number of hydrogen-bond acceptors (Lipinski definition) is 1. The molecule has 16 heavy (non-hydrogen) atoms. The molecule has 2 aromatic carbocycles. The van der Waals surface area contributed by atoms with Gasteiger partial charge in [0.05, 0.1) is 5.30 Å². The molecule has 0 aliphatic rings. The van der Waals surface area contributed by atoms with Gasteiger partial charge in [-0.1, -0.05) is 36.4 Å². The van der Waals surface area contributed by atoms with Crippen molar-refractivity contribution >= 4 is 18.5 Å². The van der Waals surface area contributed by atoms with Gasteiger partial charge < -0.3 is 9.98 Å². The molecule has 0 aliphatic carbocycles. The van der Waals surface area contributed by atoms with E-state index < -0.39 is 7.52 Å². The maximum Gasteiger partial charge on any atom is 0.321 e. The van der Waals surface area contributed by atoms with Crippen molar-refractivity contribution in [2.75, 3.05) is 5.09 Å². The molecular formula is C12H12NO2P. The highest BCUT2D eigenvalue weighted by Gasteiger charge is 2.20. The molecule has 0 heterocycles. The number of rotatable bonds is 3. The predicted octanol–water partition coefficient (Wildman–Crippen LogP) is 2.61. The van der Waals surface area contributed by atoms with Gasteiger partial charge in [0.2, 0.25) is 0 Å². The smallest absolute Gasteiger partial charge is 0.321 e. The van der Waals surface area contributed by atoms with Crippen molar-refractivity contribution in [2.45, 2.75) is 0 Å². The van der Waals surface area contributed by atoms with Gasteiger partial charge in [0, 0.05) is 5.69 Å². The number of hydrogen-bond donors (Lipinski definition) is 2. The lowest BCUT2D eigenvalue weighted by Crippen LogP contribution is -2.10. The second-order valence-electron chi connectivity index (χ2n) is 3.39. The van der Waals surface area contributed by atoms with Crippen LogP contribution in [0.15, 0.2) is 60.7 Å². The van der Waals surface area contributed by atoms with E-state index in [2.05, 4.69) is 5.09 Å². The Morgan fingerprint density at radius 3 is 1.94 bits per heavy atom. The summed E-state index contributed by atoms with van der Waals surface area (Å²) < 4.78 is 12.0. The van der Waals surface area contributed by atoms with Gasteiger partial charge in [-0.2, -0.15) is 0 Å². The molecule has 1 atom stereocenters. The van der Waals surface area contributed by atoms with Gasteiger partial charge in [-0.25, -0.2) is 0 Å². The first kappa shape index (κ1) is 10.9. The van der Waals surface area contributed by atoms with Crippen molar-refractivity contribution in [1.29, 1.82) is 0 Å². The fourth-order valence-electron chi connectivity index (χ4n) is 1.38. The second kappa shape index (κ2) is 4.52. The van der Waals surface area contributed by atoms with Gasteiger partial charge in [-0.05, 0) is 24.3 Å². The molecule has 82 valence electrons. The number of para-hydroxylation sites is 1. The molecule has 0 aromatic heterocycles. The van der Waals surface area contributed by atoms with Crippen molar-refractivity contribution in [3.05, 3.63) is 60.7 Å². The third kappa shape index (κ3) is 2.51. The molecule has 1 unspecified atom stereocenters. The minimum absolute atomic E-state index is 0.402. The van der Waals surface area contributed by atoms with Crippen LogP contribution >= 0.6 is 7.52 Å². The van der Waals surface area contributed by atoms with Gasteiger partial charge in [0.25, 0.3) is 0 Å². The van der Waals surface area contributed by atoms with E-state index in [9.17, 15) is 9.46 Å². The van der Waals surface area contributed by atoms with E-state index in [1.807, 2.05) is 24.3 Å². The highest BCUT2D eigenvalue weighted by Crippen LogP contribution is 2.39. The highest BCUT2D eigenvalue weighted by molar-refractivity contribution is 7.67. The summed E-state index contributed by atoms with van der Waals surface area (Å²) in [7, 11) is -3.52. The minimum Gasteiger partial charge on any atom is -0.326 e. The first-order chi connectivity index (χ1) is 7.68. The number of benzene rings is 2. The lowest BCUT2D eigenvalue weighted by molar-refractivity contribution is 0.496. The second-order valence-corrected chi connectivity index (χ2v) is 5.28. The third-order valence-corrected chi connectivity index (χ3v) is 3.72. The van der Waals surface area contributed by atoms with Gasteiger partial charge >= 0.3 is 7.52 Å². The Balaban J connectivity index is 2.25. The molecule has 2 rings (SSSR count). The molecular weight excluding hydrogens is 221 g/mol. The molecule has 3 nitrogen and oxygen atoms in total. The van der Waals surface area contributed by atoms with Crippen molar-refractivity contribution in [3.63, 3.8) is 0 Å². The monoisotopic (exact) mass is 233 g/mol. The summed E-state index contributed by atoms with van der Waals surface area (Å²) >= 11 is 0. The fourth-order valence-corrected chi connectivity index (χ4v) is 2.59. The normalized spacial score (nSPS) is 14.1. The Kier molecular flexibility index (Phi) is 3.09. The molecule has 4 heteroatoms. The Labute approximate surface area is 94.3 Å². The average Bonchev–Trinajstić information content (AvgIpc) is 2.31. The maximum atomic E-state index is 12.0. The molecule has 0 saturated carbocycles. The summed E-state index contributed by atoms with van der Waals surface area (Å²) in [6.07, 6.45) is 0.